The Morgan fingerprint density at radius 3 is 2.73 bits per heavy atom. The number of hydrogen-bond acceptors (Lipinski definition) is 2. The molecule has 26 heavy (non-hydrogen) atoms. The standard InChI is InChI=1S/C23H29N3/c1-17-8-9-22-20(14-17)21-16-25(4)12-11-23(21)26(22)13-10-18-6-5-7-19(15-18)24(2)3/h5-9,14-15H,10-13,16H2,1-4H3. The molecular formula is C23H29N3. The van der Waals surface area contributed by atoms with Crippen LogP contribution in [0.4, 0.5) is 5.69 Å². The number of hydrogen-bond donors (Lipinski definition) is 0. The molecule has 2 heterocycles. The molecule has 0 fully saturated rings. The van der Waals surface area contributed by atoms with Gasteiger partial charge in [0.25, 0.3) is 0 Å². The summed E-state index contributed by atoms with van der Waals surface area (Å²) in [5.74, 6) is 0. The highest BCUT2D eigenvalue weighted by molar-refractivity contribution is 5.86. The maximum absolute atomic E-state index is 2.58. The number of rotatable bonds is 4. The molecule has 0 unspecified atom stereocenters. The molecule has 0 saturated heterocycles. The van der Waals surface area contributed by atoms with Crippen molar-refractivity contribution < 1.29 is 0 Å². The Morgan fingerprint density at radius 2 is 1.92 bits per heavy atom. The predicted molar refractivity (Wildman–Crippen MR) is 111 cm³/mol. The van der Waals surface area contributed by atoms with Gasteiger partial charge in [-0.1, -0.05) is 23.8 Å². The van der Waals surface area contributed by atoms with Crippen molar-refractivity contribution in [2.24, 2.45) is 0 Å². The first kappa shape index (κ1) is 17.2. The highest BCUT2D eigenvalue weighted by Crippen LogP contribution is 2.31. The van der Waals surface area contributed by atoms with E-state index >= 15 is 0 Å². The highest BCUT2D eigenvalue weighted by Gasteiger charge is 2.22. The van der Waals surface area contributed by atoms with Crippen molar-refractivity contribution >= 4 is 16.6 Å². The molecule has 0 amide bonds. The van der Waals surface area contributed by atoms with Crippen LogP contribution in [0.5, 0.6) is 0 Å². The number of nitrogens with zero attached hydrogens (tertiary/aromatic N) is 3. The van der Waals surface area contributed by atoms with Gasteiger partial charge < -0.3 is 14.4 Å². The van der Waals surface area contributed by atoms with Gasteiger partial charge >= 0.3 is 0 Å². The molecule has 3 nitrogen and oxygen atoms in total. The van der Waals surface area contributed by atoms with Crippen molar-refractivity contribution in [2.75, 3.05) is 32.6 Å². The van der Waals surface area contributed by atoms with Gasteiger partial charge in [0.05, 0.1) is 0 Å². The Labute approximate surface area is 156 Å². The SMILES string of the molecule is Cc1ccc2c(c1)c1c(n2CCc2cccc(N(C)C)c2)CCN(C)C1. The quantitative estimate of drug-likeness (QED) is 0.699. The van der Waals surface area contributed by atoms with Crippen LogP contribution in [0.25, 0.3) is 10.9 Å². The molecule has 0 aliphatic carbocycles. The van der Waals surface area contributed by atoms with E-state index in [0.717, 1.165) is 32.5 Å². The summed E-state index contributed by atoms with van der Waals surface area (Å²) in [6, 6.07) is 15.9. The topological polar surface area (TPSA) is 11.4 Å². The molecule has 0 N–H and O–H groups in total. The molecule has 0 radical (unpaired) electrons. The fourth-order valence-corrected chi connectivity index (χ4v) is 4.19. The smallest absolute Gasteiger partial charge is 0.0486 e. The van der Waals surface area contributed by atoms with Gasteiger partial charge in [-0.05, 0) is 55.8 Å². The summed E-state index contributed by atoms with van der Waals surface area (Å²) in [7, 11) is 6.44. The minimum atomic E-state index is 1.05. The van der Waals surface area contributed by atoms with E-state index in [1.807, 2.05) is 0 Å². The largest absolute Gasteiger partial charge is 0.378 e. The fraction of sp³-hybridized carbons (Fsp3) is 0.391. The molecule has 0 saturated carbocycles. The molecule has 4 rings (SSSR count). The number of benzene rings is 2. The molecule has 0 atom stereocenters. The molecule has 0 bridgehead atoms. The van der Waals surface area contributed by atoms with Crippen LogP contribution in [-0.2, 0) is 25.9 Å². The van der Waals surface area contributed by atoms with Crippen LogP contribution in [0.3, 0.4) is 0 Å². The zero-order valence-electron chi connectivity index (χ0n) is 16.4. The van der Waals surface area contributed by atoms with Gasteiger partial charge in [-0.25, -0.2) is 0 Å². The van der Waals surface area contributed by atoms with E-state index in [2.05, 4.69) is 84.9 Å². The van der Waals surface area contributed by atoms with Crippen molar-refractivity contribution in [3.05, 3.63) is 64.8 Å². The van der Waals surface area contributed by atoms with Crippen molar-refractivity contribution in [1.29, 1.82) is 0 Å². The normalized spacial score (nSPS) is 14.6. The summed E-state index contributed by atoms with van der Waals surface area (Å²) < 4.78 is 2.58. The van der Waals surface area contributed by atoms with E-state index in [1.54, 1.807) is 11.3 Å². The second-order valence-corrected chi connectivity index (χ2v) is 7.90. The van der Waals surface area contributed by atoms with Crippen LogP contribution in [0.15, 0.2) is 42.5 Å². The average Bonchev–Trinajstić information content (AvgIpc) is 2.92. The zero-order chi connectivity index (χ0) is 18.3. The summed E-state index contributed by atoms with van der Waals surface area (Å²) in [6.07, 6.45) is 2.22. The van der Waals surface area contributed by atoms with Gasteiger partial charge in [0, 0.05) is 62.4 Å². The monoisotopic (exact) mass is 347 g/mol. The fourth-order valence-electron chi connectivity index (χ4n) is 4.19. The van der Waals surface area contributed by atoms with Crippen molar-refractivity contribution in [3.8, 4) is 0 Å². The zero-order valence-corrected chi connectivity index (χ0v) is 16.4. The Morgan fingerprint density at radius 1 is 1.08 bits per heavy atom. The van der Waals surface area contributed by atoms with E-state index in [4.69, 9.17) is 0 Å². The third kappa shape index (κ3) is 3.12. The molecule has 2 aromatic carbocycles. The third-order valence-electron chi connectivity index (χ3n) is 5.65. The van der Waals surface area contributed by atoms with Crippen LogP contribution >= 0.6 is 0 Å². The molecular weight excluding hydrogens is 318 g/mol. The van der Waals surface area contributed by atoms with Crippen molar-refractivity contribution in [3.63, 3.8) is 0 Å². The minimum Gasteiger partial charge on any atom is -0.378 e. The summed E-state index contributed by atoms with van der Waals surface area (Å²) in [5.41, 5.74) is 8.53. The van der Waals surface area contributed by atoms with Crippen LogP contribution in [0, 0.1) is 6.92 Å². The van der Waals surface area contributed by atoms with Crippen LogP contribution < -0.4 is 4.90 Å². The maximum Gasteiger partial charge on any atom is 0.0486 e. The lowest BCUT2D eigenvalue weighted by atomic mass is 10.0. The van der Waals surface area contributed by atoms with Crippen molar-refractivity contribution in [1.82, 2.24) is 9.47 Å². The van der Waals surface area contributed by atoms with Crippen LogP contribution in [0.2, 0.25) is 0 Å². The Bertz CT molecular complexity index is 936. The average molecular weight is 348 g/mol. The van der Waals surface area contributed by atoms with Crippen LogP contribution in [0.1, 0.15) is 22.4 Å². The van der Waals surface area contributed by atoms with Crippen molar-refractivity contribution in [2.45, 2.75) is 32.9 Å². The predicted octanol–water partition coefficient (Wildman–Crippen LogP) is 4.25. The first-order valence-corrected chi connectivity index (χ1v) is 9.58. The lowest BCUT2D eigenvalue weighted by Crippen LogP contribution is -2.27. The second-order valence-electron chi connectivity index (χ2n) is 7.90. The maximum atomic E-state index is 2.58. The molecule has 3 aromatic rings. The third-order valence-corrected chi connectivity index (χ3v) is 5.65. The van der Waals surface area contributed by atoms with Gasteiger partial charge in [0.15, 0.2) is 0 Å². The number of fused-ring (bicyclic) bond motifs is 3. The highest BCUT2D eigenvalue weighted by atomic mass is 15.1. The first-order valence-electron chi connectivity index (χ1n) is 9.58. The molecule has 1 aromatic heterocycles. The van der Waals surface area contributed by atoms with Gasteiger partial charge in [0.1, 0.15) is 0 Å². The number of anilines is 1. The summed E-state index contributed by atoms with van der Waals surface area (Å²) >= 11 is 0. The summed E-state index contributed by atoms with van der Waals surface area (Å²) in [5, 5.41) is 1.45. The Hall–Kier alpha value is -2.26. The summed E-state index contributed by atoms with van der Waals surface area (Å²) in [4.78, 5) is 4.62. The van der Waals surface area contributed by atoms with E-state index in [-0.39, 0.29) is 0 Å². The number of aryl methyl sites for hydroxylation is 3. The number of aromatic nitrogens is 1. The lowest BCUT2D eigenvalue weighted by Gasteiger charge is -2.24. The van der Waals surface area contributed by atoms with Gasteiger partial charge in [-0.2, -0.15) is 0 Å². The van der Waals surface area contributed by atoms with E-state index in [0.29, 0.717) is 0 Å². The van der Waals surface area contributed by atoms with E-state index < -0.39 is 0 Å². The second kappa shape index (κ2) is 6.81. The van der Waals surface area contributed by atoms with Gasteiger partial charge in [0.2, 0.25) is 0 Å². The Balaban J connectivity index is 1.69. The van der Waals surface area contributed by atoms with Gasteiger partial charge in [-0.3, -0.25) is 0 Å². The van der Waals surface area contributed by atoms with E-state index in [9.17, 15) is 0 Å². The Kier molecular flexibility index (Phi) is 4.49. The summed E-state index contributed by atoms with van der Waals surface area (Å²) in [6.45, 7) is 5.47. The molecule has 0 spiro atoms. The molecule has 136 valence electrons. The van der Waals surface area contributed by atoms with Gasteiger partial charge in [-0.15, -0.1) is 0 Å². The molecule has 1 aliphatic rings. The van der Waals surface area contributed by atoms with E-state index in [1.165, 1.54) is 27.7 Å². The molecule has 3 heteroatoms. The minimum absolute atomic E-state index is 1.05. The van der Waals surface area contributed by atoms with Crippen LogP contribution in [-0.4, -0.2) is 37.2 Å². The number of likely N-dealkylation sites (N-methyl/N-ethyl adjacent to an activating group) is 1. The molecule has 1 aliphatic heterocycles. The lowest BCUT2D eigenvalue weighted by molar-refractivity contribution is 0.309. The first-order chi connectivity index (χ1) is 12.5.